The number of aliphatic hydroxyl groups is 1. The summed E-state index contributed by atoms with van der Waals surface area (Å²) in [6, 6.07) is 8.17. The number of amides is 1. The molecule has 33 heavy (non-hydrogen) atoms. The van der Waals surface area contributed by atoms with Crippen molar-refractivity contribution in [2.45, 2.75) is 62.5 Å². The number of fused-ring (bicyclic) bond motifs is 1. The van der Waals surface area contributed by atoms with Crippen LogP contribution in [0.25, 0.3) is 0 Å². The number of hydrogen-bond donors (Lipinski definition) is 3. The van der Waals surface area contributed by atoms with Gasteiger partial charge in [0.25, 0.3) is 0 Å². The van der Waals surface area contributed by atoms with Gasteiger partial charge in [-0.3, -0.25) is 9.78 Å². The Kier molecular flexibility index (Phi) is 6.13. The number of β-amino-alcohol motifs (C(OH)–C–C–N with tert-alkyl or cyclic N) is 1. The molecular formula is C24H29F3N4O2. The van der Waals surface area contributed by atoms with Crippen molar-refractivity contribution in [3.8, 4) is 0 Å². The maximum atomic E-state index is 13.9. The molecule has 2 heterocycles. The van der Waals surface area contributed by atoms with Crippen LogP contribution in [0.5, 0.6) is 0 Å². The van der Waals surface area contributed by atoms with Crippen molar-refractivity contribution in [2.24, 2.45) is 0 Å². The van der Waals surface area contributed by atoms with Gasteiger partial charge in [-0.05, 0) is 36.1 Å². The normalized spacial score (nSPS) is 24.9. The number of carbonyl (C=O) groups excluding carboxylic acids is 1. The molecule has 1 saturated heterocycles. The van der Waals surface area contributed by atoms with Crippen LogP contribution in [0.15, 0.2) is 42.6 Å². The van der Waals surface area contributed by atoms with E-state index in [4.69, 9.17) is 0 Å². The standard InChI is InChI=1S/C24H29F3N4O2/c1-23(2)17-7-5-4-6-14(17)10-20(23)30-15-8-9-18(28-12-15)21(24(25,26)27)31(3)22(33)19-11-16(32)13-29-19/h4-9,12,16,19-21,29-30,32H,10-11,13H2,1-3H3/t16-,19+,20?,21+/m1/s1. The Morgan fingerprint density at radius 2 is 2.00 bits per heavy atom. The molecule has 1 fully saturated rings. The van der Waals surface area contributed by atoms with Crippen LogP contribution in [0, 0.1) is 0 Å². The van der Waals surface area contributed by atoms with Gasteiger partial charge in [0, 0.05) is 25.0 Å². The van der Waals surface area contributed by atoms with Crippen LogP contribution < -0.4 is 10.6 Å². The number of alkyl halides is 3. The first-order chi connectivity index (χ1) is 15.5. The van der Waals surface area contributed by atoms with E-state index in [9.17, 15) is 23.1 Å². The first-order valence-corrected chi connectivity index (χ1v) is 11.0. The molecule has 6 nitrogen and oxygen atoms in total. The van der Waals surface area contributed by atoms with Crippen molar-refractivity contribution in [2.75, 3.05) is 18.9 Å². The van der Waals surface area contributed by atoms with Crippen LogP contribution in [-0.2, 0) is 16.6 Å². The SMILES string of the molecule is CN(C(=O)[C@@H]1C[C@@H](O)CN1)[C@@H](c1ccc(NC2Cc3ccccc3C2(C)C)cn1)C(F)(F)F. The predicted octanol–water partition coefficient (Wildman–Crippen LogP) is 3.18. The highest BCUT2D eigenvalue weighted by atomic mass is 19.4. The number of halogens is 3. The molecule has 9 heteroatoms. The zero-order valence-electron chi connectivity index (χ0n) is 18.9. The molecule has 2 aromatic rings. The van der Waals surface area contributed by atoms with Crippen molar-refractivity contribution in [1.82, 2.24) is 15.2 Å². The summed E-state index contributed by atoms with van der Waals surface area (Å²) in [4.78, 5) is 17.4. The Labute approximate surface area is 191 Å². The summed E-state index contributed by atoms with van der Waals surface area (Å²) < 4.78 is 41.8. The third-order valence-corrected chi connectivity index (χ3v) is 6.86. The second kappa shape index (κ2) is 8.61. The van der Waals surface area contributed by atoms with Crippen LogP contribution in [0.1, 0.15) is 43.1 Å². The molecule has 2 aliphatic rings. The molecule has 1 unspecified atom stereocenters. The summed E-state index contributed by atoms with van der Waals surface area (Å²) in [5, 5.41) is 15.8. The van der Waals surface area contributed by atoms with Crippen LogP contribution in [-0.4, -0.2) is 58.9 Å². The highest BCUT2D eigenvalue weighted by molar-refractivity contribution is 5.82. The fourth-order valence-electron chi connectivity index (χ4n) is 4.94. The number of carbonyl (C=O) groups is 1. The third kappa shape index (κ3) is 4.56. The van der Waals surface area contributed by atoms with Gasteiger partial charge in [0.05, 0.1) is 29.7 Å². The maximum absolute atomic E-state index is 13.9. The van der Waals surface area contributed by atoms with E-state index in [0.717, 1.165) is 13.5 Å². The van der Waals surface area contributed by atoms with Crippen molar-refractivity contribution in [3.63, 3.8) is 0 Å². The minimum absolute atomic E-state index is 0.0742. The Morgan fingerprint density at radius 1 is 1.27 bits per heavy atom. The number of pyridine rings is 1. The lowest BCUT2D eigenvalue weighted by Gasteiger charge is -2.32. The summed E-state index contributed by atoms with van der Waals surface area (Å²) in [7, 11) is 1.12. The number of benzene rings is 1. The number of nitrogens with one attached hydrogen (secondary N) is 2. The first-order valence-electron chi connectivity index (χ1n) is 11.0. The van der Waals surface area contributed by atoms with E-state index in [2.05, 4.69) is 41.6 Å². The molecule has 1 amide bonds. The van der Waals surface area contributed by atoms with Gasteiger partial charge in [-0.1, -0.05) is 38.1 Å². The summed E-state index contributed by atoms with van der Waals surface area (Å²) >= 11 is 0. The molecule has 1 aliphatic carbocycles. The molecule has 178 valence electrons. The summed E-state index contributed by atoms with van der Waals surface area (Å²) in [5.74, 6) is -0.719. The van der Waals surface area contributed by atoms with Crippen molar-refractivity contribution < 1.29 is 23.1 Å². The summed E-state index contributed by atoms with van der Waals surface area (Å²) in [6.07, 6.45) is -3.15. The smallest absolute Gasteiger partial charge is 0.392 e. The van der Waals surface area contributed by atoms with E-state index in [1.54, 1.807) is 6.07 Å². The Balaban J connectivity index is 1.51. The summed E-state index contributed by atoms with van der Waals surface area (Å²) in [5.41, 5.74) is 2.74. The van der Waals surface area contributed by atoms with E-state index < -0.39 is 30.3 Å². The average molecular weight is 463 g/mol. The number of nitrogens with zero attached hydrogens (tertiary/aromatic N) is 2. The average Bonchev–Trinajstić information content (AvgIpc) is 3.29. The van der Waals surface area contributed by atoms with E-state index in [1.807, 2.05) is 12.1 Å². The number of likely N-dealkylation sites (N-methyl/N-ethyl adjacent to an activating group) is 1. The van der Waals surface area contributed by atoms with Gasteiger partial charge in [0.1, 0.15) is 0 Å². The first kappa shape index (κ1) is 23.5. The van der Waals surface area contributed by atoms with Gasteiger partial charge in [-0.25, -0.2) is 0 Å². The Bertz CT molecular complexity index is 1010. The molecule has 3 N–H and O–H groups in total. The van der Waals surface area contributed by atoms with Crippen LogP contribution in [0.3, 0.4) is 0 Å². The zero-order chi connectivity index (χ0) is 24.0. The van der Waals surface area contributed by atoms with E-state index >= 15 is 0 Å². The lowest BCUT2D eigenvalue weighted by molar-refractivity contribution is -0.190. The van der Waals surface area contributed by atoms with Gasteiger partial charge in [0.15, 0.2) is 6.04 Å². The number of aromatic nitrogens is 1. The quantitative estimate of drug-likeness (QED) is 0.636. The summed E-state index contributed by atoms with van der Waals surface area (Å²) in [6.45, 7) is 4.47. The van der Waals surface area contributed by atoms with Gasteiger partial charge < -0.3 is 20.6 Å². The van der Waals surface area contributed by atoms with Crippen LogP contribution in [0.4, 0.5) is 18.9 Å². The van der Waals surface area contributed by atoms with Crippen LogP contribution in [0.2, 0.25) is 0 Å². The molecule has 4 atom stereocenters. The monoisotopic (exact) mass is 462 g/mol. The highest BCUT2D eigenvalue weighted by Crippen LogP contribution is 2.40. The fourth-order valence-corrected chi connectivity index (χ4v) is 4.94. The van der Waals surface area contributed by atoms with E-state index in [0.29, 0.717) is 10.6 Å². The zero-order valence-corrected chi connectivity index (χ0v) is 18.9. The molecule has 0 bridgehead atoms. The number of aliphatic hydroxyl groups excluding tert-OH is 1. The molecule has 0 saturated carbocycles. The molecule has 1 aliphatic heterocycles. The Hall–Kier alpha value is -2.65. The molecule has 4 rings (SSSR count). The second-order valence-electron chi connectivity index (χ2n) is 9.50. The molecular weight excluding hydrogens is 433 g/mol. The van der Waals surface area contributed by atoms with Crippen molar-refractivity contribution in [3.05, 3.63) is 59.4 Å². The number of rotatable bonds is 5. The van der Waals surface area contributed by atoms with E-state index in [-0.39, 0.29) is 30.1 Å². The van der Waals surface area contributed by atoms with Crippen LogP contribution >= 0.6 is 0 Å². The molecule has 1 aromatic heterocycles. The minimum atomic E-state index is -4.70. The predicted molar refractivity (Wildman–Crippen MR) is 119 cm³/mol. The molecule has 0 radical (unpaired) electrons. The number of anilines is 1. The molecule has 0 spiro atoms. The minimum Gasteiger partial charge on any atom is -0.392 e. The van der Waals surface area contributed by atoms with Gasteiger partial charge in [-0.2, -0.15) is 13.2 Å². The highest BCUT2D eigenvalue weighted by Gasteiger charge is 2.48. The fraction of sp³-hybridized carbons (Fsp3) is 0.500. The Morgan fingerprint density at radius 3 is 2.58 bits per heavy atom. The maximum Gasteiger partial charge on any atom is 0.414 e. The number of hydrogen-bond acceptors (Lipinski definition) is 5. The van der Waals surface area contributed by atoms with Gasteiger partial charge >= 0.3 is 6.18 Å². The molecule has 1 aromatic carbocycles. The van der Waals surface area contributed by atoms with Crippen molar-refractivity contribution in [1.29, 1.82) is 0 Å². The van der Waals surface area contributed by atoms with E-state index in [1.165, 1.54) is 23.4 Å². The second-order valence-corrected chi connectivity index (χ2v) is 9.50. The van der Waals surface area contributed by atoms with Gasteiger partial charge in [0.2, 0.25) is 5.91 Å². The third-order valence-electron chi connectivity index (χ3n) is 6.86. The largest absolute Gasteiger partial charge is 0.414 e. The topological polar surface area (TPSA) is 77.5 Å². The lowest BCUT2D eigenvalue weighted by Crippen LogP contribution is -2.47. The van der Waals surface area contributed by atoms with Crippen molar-refractivity contribution >= 4 is 11.6 Å². The lowest BCUT2D eigenvalue weighted by atomic mass is 9.83. The van der Waals surface area contributed by atoms with Gasteiger partial charge in [-0.15, -0.1) is 0 Å².